The van der Waals surface area contributed by atoms with E-state index in [2.05, 4.69) is 4.98 Å². The minimum Gasteiger partial charge on any atom is -0.497 e. The zero-order valence-electron chi connectivity index (χ0n) is 16.6. The molecule has 29 heavy (non-hydrogen) atoms. The summed E-state index contributed by atoms with van der Waals surface area (Å²) in [6.07, 6.45) is 0. The van der Waals surface area contributed by atoms with Crippen LogP contribution in [0.3, 0.4) is 0 Å². The topological polar surface area (TPSA) is 76.1 Å². The number of hydrogen-bond acceptors (Lipinski definition) is 8. The maximum Gasteiger partial charge on any atom is 0.342 e. The third kappa shape index (κ3) is 4.43. The Balaban J connectivity index is 1.76. The van der Waals surface area contributed by atoms with E-state index in [0.29, 0.717) is 28.7 Å². The van der Waals surface area contributed by atoms with Crippen LogP contribution in [0.1, 0.15) is 16.1 Å². The zero-order valence-corrected chi connectivity index (χ0v) is 17.4. The summed E-state index contributed by atoms with van der Waals surface area (Å²) in [5.41, 5.74) is 1.73. The zero-order chi connectivity index (χ0) is 20.8. The number of para-hydroxylation sites is 1. The summed E-state index contributed by atoms with van der Waals surface area (Å²) >= 11 is 1.43. The first-order valence-corrected chi connectivity index (χ1v) is 9.54. The summed E-state index contributed by atoms with van der Waals surface area (Å²) in [6, 6.07) is 10.5. The first-order valence-electron chi connectivity index (χ1n) is 8.66. The number of nitrogens with zero attached hydrogens (tertiary/aromatic N) is 1. The van der Waals surface area contributed by atoms with Crippen molar-refractivity contribution in [2.75, 3.05) is 28.4 Å². The van der Waals surface area contributed by atoms with Gasteiger partial charge in [-0.05, 0) is 30.3 Å². The molecule has 0 aliphatic carbocycles. The molecule has 1 heterocycles. The molecule has 0 radical (unpaired) electrons. The molecular formula is C21H21NO6S. The van der Waals surface area contributed by atoms with Crippen molar-refractivity contribution in [1.29, 1.82) is 0 Å². The fourth-order valence-corrected chi connectivity index (χ4v) is 3.57. The Morgan fingerprint density at radius 1 is 0.966 bits per heavy atom. The van der Waals surface area contributed by atoms with Crippen molar-refractivity contribution in [2.45, 2.75) is 6.61 Å². The van der Waals surface area contributed by atoms with Gasteiger partial charge in [-0.3, -0.25) is 0 Å². The molecule has 0 unspecified atom stereocenters. The largest absolute Gasteiger partial charge is 0.497 e. The standard InChI is InChI=1S/C21H21NO6S/c1-24-14-8-9-17(25-2)16(10-14)21(23)28-11-13-12-29-20(22-13)15-6-5-7-18(26-3)19(15)27-4/h5-10,12H,11H2,1-4H3. The monoisotopic (exact) mass is 415 g/mol. The Labute approximate surface area is 172 Å². The number of aromatic nitrogens is 1. The molecule has 8 heteroatoms. The molecule has 3 rings (SSSR count). The van der Waals surface area contributed by atoms with Crippen molar-refractivity contribution in [1.82, 2.24) is 4.98 Å². The molecule has 0 spiro atoms. The molecule has 152 valence electrons. The molecule has 0 atom stereocenters. The Hall–Kier alpha value is -3.26. The van der Waals surface area contributed by atoms with Crippen LogP contribution in [0.4, 0.5) is 0 Å². The van der Waals surface area contributed by atoms with Crippen LogP contribution in [-0.4, -0.2) is 39.4 Å². The van der Waals surface area contributed by atoms with Gasteiger partial charge in [0.05, 0.1) is 39.7 Å². The summed E-state index contributed by atoms with van der Waals surface area (Å²) in [5.74, 6) is 1.66. The van der Waals surface area contributed by atoms with Crippen molar-refractivity contribution >= 4 is 17.3 Å². The number of esters is 1. The van der Waals surface area contributed by atoms with Crippen LogP contribution in [0.15, 0.2) is 41.8 Å². The fraction of sp³-hybridized carbons (Fsp3) is 0.238. The van der Waals surface area contributed by atoms with Crippen LogP contribution in [0.2, 0.25) is 0 Å². The van der Waals surface area contributed by atoms with Gasteiger partial charge in [0.15, 0.2) is 11.5 Å². The minimum absolute atomic E-state index is 0.0297. The SMILES string of the molecule is COc1ccc(OC)c(C(=O)OCc2csc(-c3cccc(OC)c3OC)n2)c1. The van der Waals surface area contributed by atoms with Crippen molar-refractivity contribution < 1.29 is 28.5 Å². The lowest BCUT2D eigenvalue weighted by Crippen LogP contribution is -2.07. The lowest BCUT2D eigenvalue weighted by molar-refractivity contribution is 0.0464. The highest BCUT2D eigenvalue weighted by Gasteiger charge is 2.18. The van der Waals surface area contributed by atoms with Gasteiger partial charge in [0.25, 0.3) is 0 Å². The molecule has 0 N–H and O–H groups in total. The molecule has 0 saturated heterocycles. The summed E-state index contributed by atoms with van der Waals surface area (Å²) in [7, 11) is 6.19. The first-order chi connectivity index (χ1) is 14.1. The molecule has 7 nitrogen and oxygen atoms in total. The van der Waals surface area contributed by atoms with E-state index in [1.807, 2.05) is 23.6 Å². The summed E-state index contributed by atoms with van der Waals surface area (Å²) in [6.45, 7) is 0.0297. The molecular weight excluding hydrogens is 394 g/mol. The first kappa shape index (κ1) is 20.5. The van der Waals surface area contributed by atoms with Gasteiger partial charge in [0.1, 0.15) is 28.7 Å². The molecule has 0 saturated carbocycles. The molecule has 2 aromatic carbocycles. The van der Waals surface area contributed by atoms with Crippen LogP contribution in [0.5, 0.6) is 23.0 Å². The second-order valence-electron chi connectivity index (χ2n) is 5.83. The smallest absolute Gasteiger partial charge is 0.342 e. The Bertz CT molecular complexity index is 1000. The summed E-state index contributed by atoms with van der Waals surface area (Å²) in [5, 5.41) is 2.58. The maximum absolute atomic E-state index is 12.5. The van der Waals surface area contributed by atoms with Gasteiger partial charge < -0.3 is 23.7 Å². The van der Waals surface area contributed by atoms with Gasteiger partial charge in [0.2, 0.25) is 0 Å². The summed E-state index contributed by atoms with van der Waals surface area (Å²) < 4.78 is 26.6. The molecule has 0 aliphatic heterocycles. The Morgan fingerprint density at radius 3 is 2.45 bits per heavy atom. The molecule has 3 aromatic rings. The number of carbonyl (C=O) groups excluding carboxylic acids is 1. The molecule has 1 aromatic heterocycles. The predicted molar refractivity (Wildman–Crippen MR) is 109 cm³/mol. The van der Waals surface area contributed by atoms with Crippen LogP contribution in [-0.2, 0) is 11.3 Å². The van der Waals surface area contributed by atoms with E-state index in [-0.39, 0.29) is 12.2 Å². The number of benzene rings is 2. The average molecular weight is 415 g/mol. The van der Waals surface area contributed by atoms with Crippen molar-refractivity contribution in [3.8, 4) is 33.6 Å². The number of carbonyl (C=O) groups is 1. The third-order valence-corrected chi connectivity index (χ3v) is 5.09. The van der Waals surface area contributed by atoms with Crippen molar-refractivity contribution in [3.63, 3.8) is 0 Å². The van der Waals surface area contributed by atoms with Crippen LogP contribution in [0, 0.1) is 0 Å². The van der Waals surface area contributed by atoms with Crippen molar-refractivity contribution in [2.24, 2.45) is 0 Å². The van der Waals surface area contributed by atoms with Crippen LogP contribution in [0.25, 0.3) is 10.6 Å². The molecule has 0 fully saturated rings. The highest BCUT2D eigenvalue weighted by atomic mass is 32.1. The number of ether oxygens (including phenoxy) is 5. The molecule has 0 aliphatic rings. The number of hydrogen-bond donors (Lipinski definition) is 0. The van der Waals surface area contributed by atoms with E-state index >= 15 is 0 Å². The van der Waals surface area contributed by atoms with Gasteiger partial charge in [0, 0.05) is 5.38 Å². The number of rotatable bonds is 8. The highest BCUT2D eigenvalue weighted by Crippen LogP contribution is 2.39. The average Bonchev–Trinajstić information content (AvgIpc) is 3.25. The second kappa shape index (κ2) is 9.29. The van der Waals surface area contributed by atoms with E-state index in [1.165, 1.54) is 25.6 Å². The minimum atomic E-state index is -0.519. The third-order valence-electron chi connectivity index (χ3n) is 4.16. The predicted octanol–water partition coefficient (Wildman–Crippen LogP) is 4.20. The number of methoxy groups -OCH3 is 4. The van der Waals surface area contributed by atoms with Gasteiger partial charge in [-0.2, -0.15) is 0 Å². The van der Waals surface area contributed by atoms with Crippen LogP contribution >= 0.6 is 11.3 Å². The van der Waals surface area contributed by atoms with Gasteiger partial charge in [-0.25, -0.2) is 9.78 Å². The van der Waals surface area contributed by atoms with E-state index in [0.717, 1.165) is 10.6 Å². The Morgan fingerprint density at radius 2 is 1.76 bits per heavy atom. The Kier molecular flexibility index (Phi) is 6.56. The normalized spacial score (nSPS) is 10.3. The highest BCUT2D eigenvalue weighted by molar-refractivity contribution is 7.13. The molecule has 0 amide bonds. The molecule has 0 bridgehead atoms. The lowest BCUT2D eigenvalue weighted by atomic mass is 10.2. The van der Waals surface area contributed by atoms with E-state index in [9.17, 15) is 4.79 Å². The maximum atomic E-state index is 12.5. The van der Waals surface area contributed by atoms with Gasteiger partial charge >= 0.3 is 5.97 Å². The van der Waals surface area contributed by atoms with Crippen LogP contribution < -0.4 is 18.9 Å². The van der Waals surface area contributed by atoms with Gasteiger partial charge in [-0.15, -0.1) is 11.3 Å². The van der Waals surface area contributed by atoms with E-state index in [4.69, 9.17) is 23.7 Å². The second-order valence-corrected chi connectivity index (χ2v) is 6.69. The van der Waals surface area contributed by atoms with Crippen molar-refractivity contribution in [3.05, 3.63) is 53.0 Å². The fourth-order valence-electron chi connectivity index (χ4n) is 2.74. The van der Waals surface area contributed by atoms with Gasteiger partial charge in [-0.1, -0.05) is 6.07 Å². The van der Waals surface area contributed by atoms with E-state index < -0.39 is 5.97 Å². The number of thiazole rings is 1. The quantitative estimate of drug-likeness (QED) is 0.510. The van der Waals surface area contributed by atoms with E-state index in [1.54, 1.807) is 32.4 Å². The lowest BCUT2D eigenvalue weighted by Gasteiger charge is -2.10. The summed E-state index contributed by atoms with van der Waals surface area (Å²) in [4.78, 5) is 17.1.